The highest BCUT2D eigenvalue weighted by molar-refractivity contribution is 5.90. The van der Waals surface area contributed by atoms with Gasteiger partial charge in [0.2, 0.25) is 0 Å². The molecule has 1 rings (SSSR count). The van der Waals surface area contributed by atoms with Gasteiger partial charge in [-0.2, -0.15) is 0 Å². The van der Waals surface area contributed by atoms with E-state index in [1.54, 1.807) is 0 Å². The topological polar surface area (TPSA) is 89.9 Å². The molecular formula is C23H34O6. The first kappa shape index (κ1) is 24.7. The molecule has 6 nitrogen and oxygen atoms in total. The van der Waals surface area contributed by atoms with Crippen molar-refractivity contribution in [1.29, 1.82) is 0 Å². The normalized spacial score (nSPS) is 13.4. The SMILES string of the molecule is CCC(CCCC(C)c1ccc(COC(=O)CC(=O)O)cc1)C(=O)OC(C)(C)C. The summed E-state index contributed by atoms with van der Waals surface area (Å²) in [6.07, 6.45) is 2.86. The molecule has 2 unspecified atom stereocenters. The Morgan fingerprint density at radius 3 is 2.21 bits per heavy atom. The molecule has 1 aromatic carbocycles. The summed E-state index contributed by atoms with van der Waals surface area (Å²) in [5, 5.41) is 8.55. The lowest BCUT2D eigenvalue weighted by Crippen LogP contribution is -2.28. The third-order valence-electron chi connectivity index (χ3n) is 4.67. The van der Waals surface area contributed by atoms with Crippen LogP contribution in [0.4, 0.5) is 0 Å². The second kappa shape index (κ2) is 11.6. The van der Waals surface area contributed by atoms with Crippen LogP contribution in [0.5, 0.6) is 0 Å². The maximum Gasteiger partial charge on any atom is 0.317 e. The average Bonchev–Trinajstić information content (AvgIpc) is 2.61. The number of carbonyl (C=O) groups is 3. The summed E-state index contributed by atoms with van der Waals surface area (Å²) >= 11 is 0. The molecule has 0 heterocycles. The monoisotopic (exact) mass is 406 g/mol. The molecule has 0 aliphatic carbocycles. The minimum Gasteiger partial charge on any atom is -0.481 e. The third-order valence-corrected chi connectivity index (χ3v) is 4.67. The Labute approximate surface area is 173 Å². The van der Waals surface area contributed by atoms with Gasteiger partial charge in [-0.1, -0.05) is 44.5 Å². The molecule has 1 aromatic rings. The first-order chi connectivity index (χ1) is 13.5. The highest BCUT2D eigenvalue weighted by Crippen LogP contribution is 2.25. The van der Waals surface area contributed by atoms with Crippen LogP contribution < -0.4 is 0 Å². The van der Waals surface area contributed by atoms with E-state index in [-0.39, 0.29) is 18.5 Å². The molecule has 0 aliphatic heterocycles. The molecule has 0 spiro atoms. The Hall–Kier alpha value is -2.37. The fourth-order valence-corrected chi connectivity index (χ4v) is 2.99. The highest BCUT2D eigenvalue weighted by atomic mass is 16.6. The van der Waals surface area contributed by atoms with E-state index in [9.17, 15) is 14.4 Å². The number of rotatable bonds is 11. The fraction of sp³-hybridized carbons (Fsp3) is 0.609. The van der Waals surface area contributed by atoms with Crippen molar-refractivity contribution in [2.75, 3.05) is 0 Å². The number of carboxylic acids is 1. The Bertz CT molecular complexity index is 672. The summed E-state index contributed by atoms with van der Waals surface area (Å²) in [4.78, 5) is 34.0. The second-order valence-electron chi connectivity index (χ2n) is 8.44. The zero-order valence-electron chi connectivity index (χ0n) is 18.2. The number of hydrogen-bond donors (Lipinski definition) is 1. The summed E-state index contributed by atoms with van der Waals surface area (Å²) in [5.41, 5.74) is 1.54. The molecule has 2 atom stereocenters. The van der Waals surface area contributed by atoms with Crippen LogP contribution in [-0.4, -0.2) is 28.6 Å². The van der Waals surface area contributed by atoms with Crippen molar-refractivity contribution in [1.82, 2.24) is 0 Å². The van der Waals surface area contributed by atoms with E-state index in [0.29, 0.717) is 5.92 Å². The average molecular weight is 407 g/mol. The van der Waals surface area contributed by atoms with Crippen LogP contribution in [0.15, 0.2) is 24.3 Å². The van der Waals surface area contributed by atoms with Crippen LogP contribution in [0.25, 0.3) is 0 Å². The Balaban J connectivity index is 2.46. The second-order valence-corrected chi connectivity index (χ2v) is 8.44. The van der Waals surface area contributed by atoms with E-state index in [1.165, 1.54) is 5.56 Å². The van der Waals surface area contributed by atoms with Crippen molar-refractivity contribution in [3.63, 3.8) is 0 Å². The van der Waals surface area contributed by atoms with Crippen molar-refractivity contribution in [2.24, 2.45) is 5.92 Å². The summed E-state index contributed by atoms with van der Waals surface area (Å²) in [6, 6.07) is 7.76. The van der Waals surface area contributed by atoms with Crippen LogP contribution in [0.2, 0.25) is 0 Å². The molecule has 0 saturated carbocycles. The van der Waals surface area contributed by atoms with Crippen LogP contribution in [0.3, 0.4) is 0 Å². The number of carbonyl (C=O) groups excluding carboxylic acids is 2. The Morgan fingerprint density at radius 1 is 1.07 bits per heavy atom. The van der Waals surface area contributed by atoms with Crippen molar-refractivity contribution in [3.05, 3.63) is 35.4 Å². The minimum atomic E-state index is -1.20. The smallest absolute Gasteiger partial charge is 0.317 e. The van der Waals surface area contributed by atoms with Crippen molar-refractivity contribution in [3.8, 4) is 0 Å². The highest BCUT2D eigenvalue weighted by Gasteiger charge is 2.23. The molecule has 29 heavy (non-hydrogen) atoms. The minimum absolute atomic E-state index is 0.0643. The summed E-state index contributed by atoms with van der Waals surface area (Å²) < 4.78 is 10.4. The van der Waals surface area contributed by atoms with Gasteiger partial charge in [0.25, 0.3) is 0 Å². The van der Waals surface area contributed by atoms with Crippen LogP contribution in [-0.2, 0) is 30.5 Å². The maximum absolute atomic E-state index is 12.3. The first-order valence-corrected chi connectivity index (χ1v) is 10.2. The van der Waals surface area contributed by atoms with Gasteiger partial charge >= 0.3 is 17.9 Å². The van der Waals surface area contributed by atoms with Gasteiger partial charge in [-0.25, -0.2) is 0 Å². The quantitative estimate of drug-likeness (QED) is 0.417. The lowest BCUT2D eigenvalue weighted by atomic mass is 9.91. The number of aliphatic carboxylic acids is 1. The van der Waals surface area contributed by atoms with Crippen LogP contribution in [0.1, 0.15) is 83.8 Å². The molecule has 0 bridgehead atoms. The lowest BCUT2D eigenvalue weighted by molar-refractivity contribution is -0.160. The number of ether oxygens (including phenoxy) is 2. The molecule has 0 amide bonds. The zero-order valence-corrected chi connectivity index (χ0v) is 18.2. The van der Waals surface area contributed by atoms with E-state index in [0.717, 1.165) is 31.2 Å². The van der Waals surface area contributed by atoms with E-state index < -0.39 is 24.0 Å². The molecule has 0 fully saturated rings. The van der Waals surface area contributed by atoms with Gasteiger partial charge in [0.1, 0.15) is 18.6 Å². The molecule has 0 aromatic heterocycles. The molecule has 0 radical (unpaired) electrons. The zero-order chi connectivity index (χ0) is 22.0. The van der Waals surface area contributed by atoms with E-state index in [4.69, 9.17) is 14.6 Å². The number of esters is 2. The Kier molecular flexibility index (Phi) is 9.86. The van der Waals surface area contributed by atoms with Gasteiger partial charge in [0.05, 0.1) is 5.92 Å². The predicted octanol–water partition coefficient (Wildman–Crippen LogP) is 4.85. The Morgan fingerprint density at radius 2 is 1.69 bits per heavy atom. The maximum atomic E-state index is 12.3. The van der Waals surface area contributed by atoms with Gasteiger partial charge in [-0.15, -0.1) is 0 Å². The molecule has 0 saturated heterocycles. The standard InChI is InChI=1S/C23H34O6/c1-6-18(22(27)29-23(3,4)5)9-7-8-16(2)19-12-10-17(11-13-19)15-28-21(26)14-20(24)25/h10-13,16,18H,6-9,14-15H2,1-5H3,(H,24,25). The van der Waals surface area contributed by atoms with E-state index in [1.807, 2.05) is 52.0 Å². The number of carboxylic acid groups (broad SMARTS) is 1. The molecule has 1 N–H and O–H groups in total. The fourth-order valence-electron chi connectivity index (χ4n) is 2.99. The largest absolute Gasteiger partial charge is 0.481 e. The van der Waals surface area contributed by atoms with Gasteiger partial charge in [-0.3, -0.25) is 14.4 Å². The summed E-state index contributed by atoms with van der Waals surface area (Å²) in [6.45, 7) is 9.88. The van der Waals surface area contributed by atoms with Crippen LogP contribution in [0, 0.1) is 5.92 Å². The third kappa shape index (κ3) is 10.1. The van der Waals surface area contributed by atoms with Crippen molar-refractivity contribution in [2.45, 2.75) is 84.8 Å². The molecule has 162 valence electrons. The number of hydrogen-bond acceptors (Lipinski definition) is 5. The number of benzene rings is 1. The predicted molar refractivity (Wildman–Crippen MR) is 110 cm³/mol. The van der Waals surface area contributed by atoms with Gasteiger partial charge in [-0.05, 0) is 57.1 Å². The van der Waals surface area contributed by atoms with Crippen LogP contribution >= 0.6 is 0 Å². The summed E-state index contributed by atoms with van der Waals surface area (Å²) in [7, 11) is 0. The molecule has 6 heteroatoms. The van der Waals surface area contributed by atoms with Crippen molar-refractivity contribution >= 4 is 17.9 Å². The lowest BCUT2D eigenvalue weighted by Gasteiger charge is -2.23. The first-order valence-electron chi connectivity index (χ1n) is 10.2. The van der Waals surface area contributed by atoms with E-state index >= 15 is 0 Å². The summed E-state index contributed by atoms with van der Waals surface area (Å²) in [5.74, 6) is -1.78. The van der Waals surface area contributed by atoms with Gasteiger partial charge in [0, 0.05) is 0 Å². The van der Waals surface area contributed by atoms with Gasteiger partial charge in [0.15, 0.2) is 0 Å². The molecular weight excluding hydrogens is 372 g/mol. The van der Waals surface area contributed by atoms with E-state index in [2.05, 4.69) is 6.92 Å². The molecule has 0 aliphatic rings. The van der Waals surface area contributed by atoms with Crippen molar-refractivity contribution < 1.29 is 29.0 Å². The van der Waals surface area contributed by atoms with Gasteiger partial charge < -0.3 is 14.6 Å².